The number of amides is 2. The summed E-state index contributed by atoms with van der Waals surface area (Å²) in [5.41, 5.74) is 0.300. The van der Waals surface area contributed by atoms with E-state index in [2.05, 4.69) is 17.2 Å². The molecule has 30 heavy (non-hydrogen) atoms. The molecule has 1 fully saturated rings. The van der Waals surface area contributed by atoms with Crippen molar-refractivity contribution < 1.29 is 22.8 Å². The molecule has 0 aliphatic carbocycles. The Morgan fingerprint density at radius 3 is 2.23 bits per heavy atom. The second kappa shape index (κ2) is 9.49. The fourth-order valence-electron chi connectivity index (χ4n) is 3.27. The summed E-state index contributed by atoms with van der Waals surface area (Å²) >= 11 is 0. The van der Waals surface area contributed by atoms with Gasteiger partial charge in [-0.3, -0.25) is 9.59 Å². The van der Waals surface area contributed by atoms with Crippen molar-refractivity contribution in [3.8, 4) is 11.8 Å². The minimum atomic E-state index is -4.43. The fraction of sp³-hybridized carbons (Fsp3) is 0.304. The number of hydrogen-bond acceptors (Lipinski definition) is 2. The number of halogens is 3. The van der Waals surface area contributed by atoms with Crippen LogP contribution in [0.1, 0.15) is 34.3 Å². The molecular formula is C23H21F3N2O2. The van der Waals surface area contributed by atoms with Crippen LogP contribution in [-0.4, -0.2) is 36.3 Å². The fourth-order valence-corrected chi connectivity index (χ4v) is 3.27. The second-order valence-electron chi connectivity index (χ2n) is 7.03. The smallest absolute Gasteiger partial charge is 0.345 e. The van der Waals surface area contributed by atoms with E-state index in [1.165, 1.54) is 12.1 Å². The molecule has 1 heterocycles. The Balaban J connectivity index is 1.46. The van der Waals surface area contributed by atoms with Crippen LogP contribution < -0.4 is 5.32 Å². The van der Waals surface area contributed by atoms with Crippen molar-refractivity contribution in [1.29, 1.82) is 0 Å². The summed E-state index contributed by atoms with van der Waals surface area (Å²) in [6, 6.07) is 13.7. The minimum Gasteiger partial charge on any atom is -0.345 e. The molecule has 0 atom stereocenters. The number of likely N-dealkylation sites (tertiary alicyclic amines) is 1. The number of benzene rings is 2. The minimum absolute atomic E-state index is 0.0982. The first kappa shape index (κ1) is 21.4. The Labute approximate surface area is 173 Å². The molecule has 1 aliphatic rings. The zero-order chi connectivity index (χ0) is 21.6. The van der Waals surface area contributed by atoms with E-state index in [0.717, 1.165) is 17.7 Å². The molecule has 4 nitrogen and oxygen atoms in total. The number of carbonyl (C=O) groups excluding carboxylic acids is 2. The predicted molar refractivity (Wildman–Crippen MR) is 106 cm³/mol. The van der Waals surface area contributed by atoms with E-state index < -0.39 is 11.7 Å². The lowest BCUT2D eigenvalue weighted by Crippen LogP contribution is -2.43. The average Bonchev–Trinajstić information content (AvgIpc) is 2.76. The van der Waals surface area contributed by atoms with Gasteiger partial charge in [-0.2, -0.15) is 13.2 Å². The second-order valence-corrected chi connectivity index (χ2v) is 7.03. The Kier molecular flexibility index (Phi) is 6.78. The first-order valence-electron chi connectivity index (χ1n) is 9.63. The maximum absolute atomic E-state index is 12.7. The highest BCUT2D eigenvalue weighted by atomic mass is 19.4. The lowest BCUT2D eigenvalue weighted by molar-refractivity contribution is -0.137. The lowest BCUT2D eigenvalue weighted by atomic mass is 9.95. The standard InChI is InChI=1S/C23H21F3N2O2/c24-23(25,26)20-10-8-19(9-11-20)22(30)28-15-12-18(13-16-28)21(29)27-14-4-7-17-5-2-1-3-6-17/h1-3,5-6,8-11,18H,12-16H2,(H,27,29). The molecule has 2 aromatic carbocycles. The Bertz CT molecular complexity index is 936. The summed E-state index contributed by atoms with van der Waals surface area (Å²) in [5, 5.41) is 2.80. The van der Waals surface area contributed by atoms with E-state index >= 15 is 0 Å². The number of nitrogens with zero attached hydrogens (tertiary/aromatic N) is 1. The summed E-state index contributed by atoms with van der Waals surface area (Å²) in [6.45, 7) is 1.01. The van der Waals surface area contributed by atoms with Crippen LogP contribution in [-0.2, 0) is 11.0 Å². The van der Waals surface area contributed by atoms with E-state index in [4.69, 9.17) is 0 Å². The van der Waals surface area contributed by atoms with Gasteiger partial charge < -0.3 is 10.2 Å². The molecule has 0 bridgehead atoms. The predicted octanol–water partition coefficient (Wildman–Crippen LogP) is 3.73. The molecule has 0 spiro atoms. The quantitative estimate of drug-likeness (QED) is 0.779. The van der Waals surface area contributed by atoms with E-state index in [-0.39, 0.29) is 29.8 Å². The van der Waals surface area contributed by atoms with E-state index in [0.29, 0.717) is 25.9 Å². The monoisotopic (exact) mass is 414 g/mol. The number of piperidine rings is 1. The molecule has 1 aliphatic heterocycles. The van der Waals surface area contributed by atoms with Crippen LogP contribution in [0.5, 0.6) is 0 Å². The molecule has 0 radical (unpaired) electrons. The third-order valence-electron chi connectivity index (χ3n) is 4.97. The van der Waals surface area contributed by atoms with Gasteiger partial charge in [0.2, 0.25) is 5.91 Å². The van der Waals surface area contributed by atoms with E-state index in [1.54, 1.807) is 4.90 Å². The van der Waals surface area contributed by atoms with Crippen LogP contribution in [0.2, 0.25) is 0 Å². The van der Waals surface area contributed by atoms with Crippen LogP contribution in [0.15, 0.2) is 54.6 Å². The number of rotatable bonds is 3. The molecule has 156 valence electrons. The highest BCUT2D eigenvalue weighted by Gasteiger charge is 2.31. The number of hydrogen-bond donors (Lipinski definition) is 1. The molecule has 3 rings (SSSR count). The third-order valence-corrected chi connectivity index (χ3v) is 4.97. The van der Waals surface area contributed by atoms with Gasteiger partial charge in [0.15, 0.2) is 0 Å². The molecular weight excluding hydrogens is 393 g/mol. The summed E-state index contributed by atoms with van der Waals surface area (Å²) in [4.78, 5) is 26.4. The molecule has 7 heteroatoms. The van der Waals surface area contributed by atoms with E-state index in [9.17, 15) is 22.8 Å². The first-order valence-corrected chi connectivity index (χ1v) is 9.63. The van der Waals surface area contributed by atoms with Gasteiger partial charge in [0.1, 0.15) is 0 Å². The number of carbonyl (C=O) groups is 2. The van der Waals surface area contributed by atoms with Crippen molar-refractivity contribution in [1.82, 2.24) is 10.2 Å². The Hall–Kier alpha value is -3.27. The van der Waals surface area contributed by atoms with Gasteiger partial charge in [0, 0.05) is 30.1 Å². The zero-order valence-electron chi connectivity index (χ0n) is 16.2. The highest BCUT2D eigenvalue weighted by molar-refractivity contribution is 5.94. The van der Waals surface area contributed by atoms with Crippen molar-refractivity contribution in [3.05, 3.63) is 71.3 Å². The maximum Gasteiger partial charge on any atom is 0.416 e. The van der Waals surface area contributed by atoms with Crippen LogP contribution in [0.25, 0.3) is 0 Å². The molecule has 1 N–H and O–H groups in total. The van der Waals surface area contributed by atoms with Crippen molar-refractivity contribution in [2.24, 2.45) is 5.92 Å². The largest absolute Gasteiger partial charge is 0.416 e. The molecule has 2 aromatic rings. The summed E-state index contributed by atoms with van der Waals surface area (Å²) < 4.78 is 38.0. The zero-order valence-corrected chi connectivity index (χ0v) is 16.2. The van der Waals surface area contributed by atoms with Crippen molar-refractivity contribution in [2.45, 2.75) is 19.0 Å². The summed E-state index contributed by atoms with van der Waals surface area (Å²) in [7, 11) is 0. The average molecular weight is 414 g/mol. The third kappa shape index (κ3) is 5.63. The first-order chi connectivity index (χ1) is 14.3. The maximum atomic E-state index is 12.7. The van der Waals surface area contributed by atoms with Crippen LogP contribution >= 0.6 is 0 Å². The Morgan fingerprint density at radius 1 is 1.00 bits per heavy atom. The Morgan fingerprint density at radius 2 is 1.63 bits per heavy atom. The van der Waals surface area contributed by atoms with Gasteiger partial charge >= 0.3 is 6.18 Å². The van der Waals surface area contributed by atoms with Crippen LogP contribution in [0.4, 0.5) is 13.2 Å². The SMILES string of the molecule is O=C(NCC#Cc1ccccc1)C1CCN(C(=O)c2ccc(C(F)(F)F)cc2)CC1. The molecule has 0 saturated carbocycles. The normalized spacial score (nSPS) is 14.6. The summed E-state index contributed by atoms with van der Waals surface area (Å²) in [5.74, 6) is 5.25. The van der Waals surface area contributed by atoms with Crippen LogP contribution in [0, 0.1) is 17.8 Å². The van der Waals surface area contributed by atoms with Crippen molar-refractivity contribution in [3.63, 3.8) is 0 Å². The number of alkyl halides is 3. The molecule has 1 saturated heterocycles. The number of nitrogens with one attached hydrogen (secondary N) is 1. The van der Waals surface area contributed by atoms with Gasteiger partial charge in [-0.25, -0.2) is 0 Å². The van der Waals surface area contributed by atoms with Gasteiger partial charge in [-0.15, -0.1) is 0 Å². The molecule has 0 aromatic heterocycles. The van der Waals surface area contributed by atoms with E-state index in [1.807, 2.05) is 30.3 Å². The van der Waals surface area contributed by atoms with Gasteiger partial charge in [0.05, 0.1) is 12.1 Å². The van der Waals surface area contributed by atoms with Crippen molar-refractivity contribution >= 4 is 11.8 Å². The van der Waals surface area contributed by atoms with Gasteiger partial charge in [0.25, 0.3) is 5.91 Å². The highest BCUT2D eigenvalue weighted by Crippen LogP contribution is 2.29. The topological polar surface area (TPSA) is 49.4 Å². The van der Waals surface area contributed by atoms with Crippen LogP contribution in [0.3, 0.4) is 0 Å². The lowest BCUT2D eigenvalue weighted by Gasteiger charge is -2.31. The van der Waals surface area contributed by atoms with Crippen molar-refractivity contribution in [2.75, 3.05) is 19.6 Å². The molecule has 0 unspecified atom stereocenters. The van der Waals surface area contributed by atoms with Gasteiger partial charge in [-0.05, 0) is 49.2 Å². The van der Waals surface area contributed by atoms with Gasteiger partial charge in [-0.1, -0.05) is 30.0 Å². The molecule has 2 amide bonds. The summed E-state index contributed by atoms with van der Waals surface area (Å²) in [6.07, 6.45) is -3.42.